The molecule has 0 spiro atoms. The summed E-state index contributed by atoms with van der Waals surface area (Å²) in [5.74, 6) is -0.957. The molecule has 10 heteroatoms. The zero-order valence-corrected chi connectivity index (χ0v) is 21.0. The van der Waals surface area contributed by atoms with Gasteiger partial charge >= 0.3 is 0 Å². The minimum Gasteiger partial charge on any atom is -0.370 e. The van der Waals surface area contributed by atoms with Crippen LogP contribution in [0, 0.1) is 5.82 Å². The summed E-state index contributed by atoms with van der Waals surface area (Å²) in [4.78, 5) is 28.2. The second-order valence-electron chi connectivity index (χ2n) is 9.08. The van der Waals surface area contributed by atoms with Crippen LogP contribution in [0.25, 0.3) is 0 Å². The Labute approximate surface area is 214 Å². The van der Waals surface area contributed by atoms with E-state index in [1.54, 1.807) is 32.6 Å². The van der Waals surface area contributed by atoms with Crippen LogP contribution in [0.4, 0.5) is 10.1 Å². The molecule has 0 saturated carbocycles. The summed E-state index contributed by atoms with van der Waals surface area (Å²) in [5, 5.41) is 7.91. The first-order chi connectivity index (χ1) is 17.3. The smallest absolute Gasteiger partial charge is 0.255 e. The number of nitrogens with one attached hydrogen (secondary N) is 1. The Morgan fingerprint density at radius 3 is 2.78 bits per heavy atom. The van der Waals surface area contributed by atoms with Gasteiger partial charge in [-0.1, -0.05) is 29.8 Å². The Balaban J connectivity index is 1.43. The lowest BCUT2D eigenvalue weighted by atomic mass is 10.1. The highest BCUT2D eigenvalue weighted by Gasteiger charge is 2.34. The quantitative estimate of drug-likeness (QED) is 0.470. The van der Waals surface area contributed by atoms with E-state index >= 15 is 0 Å². The van der Waals surface area contributed by atoms with Crippen molar-refractivity contribution in [1.29, 1.82) is 0 Å². The van der Waals surface area contributed by atoms with Crippen LogP contribution in [0.2, 0.25) is 5.02 Å². The van der Waals surface area contributed by atoms with E-state index in [1.807, 2.05) is 28.9 Å². The van der Waals surface area contributed by atoms with Crippen molar-refractivity contribution in [2.75, 3.05) is 39.2 Å². The first-order valence-corrected chi connectivity index (χ1v) is 12.0. The molecule has 1 fully saturated rings. The second kappa shape index (κ2) is 11.6. The van der Waals surface area contributed by atoms with Gasteiger partial charge in [0.15, 0.2) is 0 Å². The first kappa shape index (κ1) is 25.8. The molecule has 2 amide bonds. The molecule has 36 heavy (non-hydrogen) atoms. The number of hydrogen-bond acceptors (Lipinski definition) is 5. The fourth-order valence-electron chi connectivity index (χ4n) is 4.23. The van der Waals surface area contributed by atoms with E-state index < -0.39 is 11.7 Å². The molecule has 2 heterocycles. The van der Waals surface area contributed by atoms with Crippen LogP contribution < -0.4 is 5.32 Å². The van der Waals surface area contributed by atoms with Gasteiger partial charge in [-0.2, -0.15) is 5.10 Å². The lowest BCUT2D eigenvalue weighted by molar-refractivity contribution is -0.134. The Hall–Kier alpha value is -3.27. The van der Waals surface area contributed by atoms with Gasteiger partial charge in [0.25, 0.3) is 5.91 Å². The summed E-state index contributed by atoms with van der Waals surface area (Å²) in [6.07, 6.45) is 4.12. The zero-order chi connectivity index (χ0) is 25.7. The molecule has 1 aliphatic rings. The third-order valence-electron chi connectivity index (χ3n) is 6.14. The zero-order valence-electron chi connectivity index (χ0n) is 20.2. The van der Waals surface area contributed by atoms with Gasteiger partial charge in [-0.25, -0.2) is 4.39 Å². The Morgan fingerprint density at radius 1 is 1.22 bits per heavy atom. The molecule has 2 atom stereocenters. The second-order valence-corrected chi connectivity index (χ2v) is 9.52. The Morgan fingerprint density at radius 2 is 2.03 bits per heavy atom. The number of likely N-dealkylation sites (tertiary alicyclic amines) is 1. The third-order valence-corrected chi connectivity index (χ3v) is 6.37. The molecule has 1 aliphatic heterocycles. The maximum absolute atomic E-state index is 13.5. The van der Waals surface area contributed by atoms with E-state index in [1.165, 1.54) is 23.1 Å². The van der Waals surface area contributed by atoms with Crippen LogP contribution in [0.3, 0.4) is 0 Å². The average Bonchev–Trinajstić information content (AvgIpc) is 3.46. The number of carbonyl (C=O) groups is 2. The SMILES string of the molecule is CN(C)C(=O)COC[C@@H]1C[C@H](n2cc(NC(=O)c3cccc(F)c3)cn2)CN1Cc1cccc(Cl)c1. The number of amides is 2. The van der Waals surface area contributed by atoms with Gasteiger partial charge in [0.05, 0.1) is 24.5 Å². The molecule has 8 nitrogen and oxygen atoms in total. The molecule has 1 saturated heterocycles. The molecule has 0 aliphatic carbocycles. The van der Waals surface area contributed by atoms with Crippen molar-refractivity contribution in [3.63, 3.8) is 0 Å². The van der Waals surface area contributed by atoms with Crippen LogP contribution in [-0.2, 0) is 16.1 Å². The number of rotatable bonds is 9. The summed E-state index contributed by atoms with van der Waals surface area (Å²) < 4.78 is 21.0. The molecule has 0 unspecified atom stereocenters. The van der Waals surface area contributed by atoms with E-state index in [0.717, 1.165) is 12.0 Å². The van der Waals surface area contributed by atoms with Gasteiger partial charge in [-0.3, -0.25) is 19.2 Å². The number of benzene rings is 2. The molecule has 3 aromatic rings. The number of carbonyl (C=O) groups excluding carboxylic acids is 2. The molecule has 190 valence electrons. The normalized spacial score (nSPS) is 17.8. The van der Waals surface area contributed by atoms with Crippen molar-refractivity contribution in [2.45, 2.75) is 25.0 Å². The number of nitrogens with zero attached hydrogens (tertiary/aromatic N) is 4. The van der Waals surface area contributed by atoms with E-state index in [4.69, 9.17) is 16.3 Å². The molecule has 2 aromatic carbocycles. The minimum atomic E-state index is -0.468. The van der Waals surface area contributed by atoms with Crippen LogP contribution in [0.15, 0.2) is 60.9 Å². The van der Waals surface area contributed by atoms with Gasteiger partial charge in [0.1, 0.15) is 12.4 Å². The maximum atomic E-state index is 13.5. The van der Waals surface area contributed by atoms with Crippen molar-refractivity contribution in [3.05, 3.63) is 82.9 Å². The number of ether oxygens (including phenoxy) is 1. The Kier molecular flexibility index (Phi) is 8.35. The van der Waals surface area contributed by atoms with E-state index in [0.29, 0.717) is 30.4 Å². The van der Waals surface area contributed by atoms with Crippen molar-refractivity contribution in [1.82, 2.24) is 19.6 Å². The van der Waals surface area contributed by atoms with Crippen molar-refractivity contribution in [3.8, 4) is 0 Å². The molecule has 4 rings (SSSR count). The van der Waals surface area contributed by atoms with Crippen molar-refractivity contribution >= 4 is 29.1 Å². The van der Waals surface area contributed by atoms with Crippen LogP contribution in [-0.4, -0.2) is 71.3 Å². The van der Waals surface area contributed by atoms with Crippen molar-refractivity contribution in [2.24, 2.45) is 0 Å². The van der Waals surface area contributed by atoms with Crippen LogP contribution in [0.1, 0.15) is 28.4 Å². The van der Waals surface area contributed by atoms with Gasteiger partial charge < -0.3 is 15.0 Å². The summed E-state index contributed by atoms with van der Waals surface area (Å²) in [6.45, 7) is 1.82. The summed E-state index contributed by atoms with van der Waals surface area (Å²) in [7, 11) is 3.40. The van der Waals surface area contributed by atoms with Crippen LogP contribution >= 0.6 is 11.6 Å². The van der Waals surface area contributed by atoms with Crippen LogP contribution in [0.5, 0.6) is 0 Å². The van der Waals surface area contributed by atoms with E-state index in [2.05, 4.69) is 15.3 Å². The molecular formula is C26H29ClFN5O3. The van der Waals surface area contributed by atoms with Gasteiger partial charge in [-0.15, -0.1) is 0 Å². The molecule has 1 aromatic heterocycles. The predicted molar refractivity (Wildman–Crippen MR) is 135 cm³/mol. The number of halogens is 2. The standard InChI is InChI=1S/C26H29ClFN5O3/c1-31(2)25(34)17-36-16-24-11-23(15-32(24)13-18-5-3-7-20(27)9-18)33-14-22(12-29-33)30-26(35)19-6-4-8-21(28)10-19/h3-10,12,14,23-24H,11,13,15-17H2,1-2H3,(H,30,35)/t23-,24-/m0/s1. The minimum absolute atomic E-state index is 0.0250. The largest absolute Gasteiger partial charge is 0.370 e. The van der Waals surface area contributed by atoms with Crippen molar-refractivity contribution < 1.29 is 18.7 Å². The summed E-state index contributed by atoms with van der Waals surface area (Å²) in [6, 6.07) is 13.4. The number of hydrogen-bond donors (Lipinski definition) is 1. The lowest BCUT2D eigenvalue weighted by Crippen LogP contribution is -2.34. The fraction of sp³-hybridized carbons (Fsp3) is 0.346. The molecular weight excluding hydrogens is 485 g/mol. The summed E-state index contributed by atoms with van der Waals surface area (Å²) >= 11 is 6.18. The van der Waals surface area contributed by atoms with E-state index in [9.17, 15) is 14.0 Å². The topological polar surface area (TPSA) is 79.7 Å². The lowest BCUT2D eigenvalue weighted by Gasteiger charge is -2.24. The first-order valence-electron chi connectivity index (χ1n) is 11.7. The molecule has 1 N–H and O–H groups in total. The monoisotopic (exact) mass is 513 g/mol. The number of anilines is 1. The van der Waals surface area contributed by atoms with Gasteiger partial charge in [-0.05, 0) is 42.3 Å². The summed E-state index contributed by atoms with van der Waals surface area (Å²) in [5.41, 5.74) is 1.85. The number of likely N-dealkylation sites (N-methyl/N-ethyl adjacent to an activating group) is 1. The van der Waals surface area contributed by atoms with Gasteiger partial charge in [0, 0.05) is 50.0 Å². The average molecular weight is 514 g/mol. The van der Waals surface area contributed by atoms with Gasteiger partial charge in [0.2, 0.25) is 5.91 Å². The van der Waals surface area contributed by atoms with E-state index in [-0.39, 0.29) is 30.2 Å². The Bertz CT molecular complexity index is 1220. The third kappa shape index (κ3) is 6.69. The molecule has 0 bridgehead atoms. The highest BCUT2D eigenvalue weighted by molar-refractivity contribution is 6.30. The predicted octanol–water partition coefficient (Wildman–Crippen LogP) is 3.85. The molecule has 0 radical (unpaired) electrons. The highest BCUT2D eigenvalue weighted by Crippen LogP contribution is 2.30. The number of aromatic nitrogens is 2. The maximum Gasteiger partial charge on any atom is 0.255 e. The fourth-order valence-corrected chi connectivity index (χ4v) is 4.45. The highest BCUT2D eigenvalue weighted by atomic mass is 35.5.